The largest absolute Gasteiger partial charge is 0.457 e. The van der Waals surface area contributed by atoms with Crippen LogP contribution in [0.15, 0.2) is 60.8 Å². The standard InChI is InChI=1S/C26H27ClN6O3/c1-33-24-8-7-20(12-22(24)32-26(33)31-17-5-3-16(27)4-6-17)36-21-9-10-28-23(13-21)25(34)30-18-11-19(15-35-2)29-14-18/h3-10,12-13,18-19,29H,11,14-15H2,1-2H3,(H,30,34)(H,31,32)/t18-,19-/m1/s1. The highest BCUT2D eigenvalue weighted by atomic mass is 35.5. The number of carbonyl (C=O) groups excluding carboxylic acids is 1. The van der Waals surface area contributed by atoms with E-state index in [1.165, 1.54) is 0 Å². The first-order chi connectivity index (χ1) is 17.5. The van der Waals surface area contributed by atoms with Gasteiger partial charge >= 0.3 is 0 Å². The quantitative estimate of drug-likeness (QED) is 0.328. The summed E-state index contributed by atoms with van der Waals surface area (Å²) in [5.41, 5.74) is 2.92. The number of fused-ring (bicyclic) bond motifs is 1. The van der Waals surface area contributed by atoms with E-state index in [9.17, 15) is 4.79 Å². The second kappa shape index (κ2) is 10.5. The van der Waals surface area contributed by atoms with Crippen LogP contribution < -0.4 is 20.7 Å². The van der Waals surface area contributed by atoms with Crippen molar-refractivity contribution in [1.82, 2.24) is 25.2 Å². The Bertz CT molecular complexity index is 1370. The molecule has 0 spiro atoms. The number of nitrogens with zero attached hydrogens (tertiary/aromatic N) is 3. The van der Waals surface area contributed by atoms with Crippen LogP contribution >= 0.6 is 11.6 Å². The molecule has 9 nitrogen and oxygen atoms in total. The molecule has 10 heteroatoms. The van der Waals surface area contributed by atoms with Gasteiger partial charge in [-0.25, -0.2) is 4.98 Å². The normalized spacial score (nSPS) is 17.3. The third-order valence-corrected chi connectivity index (χ3v) is 6.33. The molecular formula is C26H27ClN6O3. The zero-order chi connectivity index (χ0) is 25.1. The molecule has 0 saturated carbocycles. The summed E-state index contributed by atoms with van der Waals surface area (Å²) >= 11 is 5.98. The lowest BCUT2D eigenvalue weighted by molar-refractivity contribution is 0.0933. The number of aryl methyl sites for hydroxylation is 1. The van der Waals surface area contributed by atoms with Gasteiger partial charge in [0, 0.05) is 61.8 Å². The van der Waals surface area contributed by atoms with Crippen LogP contribution in [0.4, 0.5) is 11.6 Å². The summed E-state index contributed by atoms with van der Waals surface area (Å²) in [5.74, 6) is 1.59. The zero-order valence-electron chi connectivity index (χ0n) is 20.0. The van der Waals surface area contributed by atoms with Gasteiger partial charge in [0.2, 0.25) is 5.95 Å². The Balaban J connectivity index is 1.27. The molecule has 5 rings (SSSR count). The predicted molar refractivity (Wildman–Crippen MR) is 139 cm³/mol. The molecule has 1 saturated heterocycles. The number of ether oxygens (including phenoxy) is 2. The molecule has 1 amide bonds. The van der Waals surface area contributed by atoms with Gasteiger partial charge in [-0.2, -0.15) is 0 Å². The summed E-state index contributed by atoms with van der Waals surface area (Å²) in [4.78, 5) is 21.7. The number of anilines is 2. The molecule has 0 radical (unpaired) electrons. The molecule has 0 bridgehead atoms. The van der Waals surface area contributed by atoms with Gasteiger partial charge in [0.15, 0.2) is 0 Å². The van der Waals surface area contributed by atoms with Gasteiger partial charge in [-0.05, 0) is 48.9 Å². The third kappa shape index (κ3) is 5.43. The second-order valence-corrected chi connectivity index (χ2v) is 9.16. The van der Waals surface area contributed by atoms with E-state index < -0.39 is 0 Å². The Hall–Kier alpha value is -3.66. The molecule has 4 aromatic rings. The Morgan fingerprint density at radius 2 is 1.97 bits per heavy atom. The number of halogens is 1. The molecule has 3 N–H and O–H groups in total. The van der Waals surface area contributed by atoms with Crippen molar-refractivity contribution in [2.75, 3.05) is 25.6 Å². The Morgan fingerprint density at radius 3 is 2.78 bits per heavy atom. The Morgan fingerprint density at radius 1 is 1.17 bits per heavy atom. The average molecular weight is 507 g/mol. The van der Waals surface area contributed by atoms with Crippen molar-refractivity contribution in [3.63, 3.8) is 0 Å². The first-order valence-electron chi connectivity index (χ1n) is 11.6. The molecular weight excluding hydrogens is 480 g/mol. The van der Waals surface area contributed by atoms with Crippen molar-refractivity contribution in [3.8, 4) is 11.5 Å². The minimum absolute atomic E-state index is 0.0336. The zero-order valence-corrected chi connectivity index (χ0v) is 20.7. The van der Waals surface area contributed by atoms with Gasteiger partial charge in [0.05, 0.1) is 17.6 Å². The molecule has 0 aliphatic carbocycles. The van der Waals surface area contributed by atoms with Gasteiger partial charge in [-0.15, -0.1) is 0 Å². The minimum Gasteiger partial charge on any atom is -0.457 e. The van der Waals surface area contributed by atoms with Crippen LogP contribution in [0, 0.1) is 0 Å². The van der Waals surface area contributed by atoms with E-state index in [0.29, 0.717) is 41.3 Å². The fourth-order valence-electron chi connectivity index (χ4n) is 4.27. The number of hydrogen-bond acceptors (Lipinski definition) is 7. The van der Waals surface area contributed by atoms with E-state index in [0.717, 1.165) is 23.1 Å². The molecule has 36 heavy (non-hydrogen) atoms. The smallest absolute Gasteiger partial charge is 0.270 e. The maximum absolute atomic E-state index is 12.7. The van der Waals surface area contributed by atoms with Crippen molar-refractivity contribution < 1.29 is 14.3 Å². The van der Waals surface area contributed by atoms with Crippen LogP contribution in [-0.4, -0.2) is 52.8 Å². The summed E-state index contributed by atoms with van der Waals surface area (Å²) in [6.07, 6.45) is 2.38. The van der Waals surface area contributed by atoms with Crippen molar-refractivity contribution in [2.24, 2.45) is 7.05 Å². The molecule has 2 aromatic carbocycles. The topological polar surface area (TPSA) is 102 Å². The first-order valence-corrected chi connectivity index (χ1v) is 12.0. The number of amides is 1. The second-order valence-electron chi connectivity index (χ2n) is 8.72. The number of rotatable bonds is 8. The lowest BCUT2D eigenvalue weighted by atomic mass is 10.2. The van der Waals surface area contributed by atoms with Crippen molar-refractivity contribution in [1.29, 1.82) is 0 Å². The van der Waals surface area contributed by atoms with Gasteiger partial charge in [0.1, 0.15) is 17.2 Å². The van der Waals surface area contributed by atoms with Crippen molar-refractivity contribution >= 4 is 40.2 Å². The highest BCUT2D eigenvalue weighted by Crippen LogP contribution is 2.28. The molecule has 0 unspecified atom stereocenters. The molecule has 1 fully saturated rings. The maximum Gasteiger partial charge on any atom is 0.270 e. The number of benzene rings is 2. The van der Waals surface area contributed by atoms with Gasteiger partial charge in [-0.1, -0.05) is 11.6 Å². The Kier molecular flexibility index (Phi) is 7.04. The number of pyridine rings is 1. The lowest BCUT2D eigenvalue weighted by Crippen LogP contribution is -2.36. The van der Waals surface area contributed by atoms with Gasteiger partial charge in [-0.3, -0.25) is 9.78 Å². The number of aromatic nitrogens is 3. The lowest BCUT2D eigenvalue weighted by Gasteiger charge is -2.12. The highest BCUT2D eigenvalue weighted by molar-refractivity contribution is 6.30. The number of nitrogens with one attached hydrogen (secondary N) is 3. The maximum atomic E-state index is 12.7. The van der Waals surface area contributed by atoms with E-state index in [1.54, 1.807) is 25.4 Å². The number of carbonyl (C=O) groups is 1. The summed E-state index contributed by atoms with van der Waals surface area (Å²) in [6.45, 7) is 1.32. The summed E-state index contributed by atoms with van der Waals surface area (Å²) in [7, 11) is 3.62. The van der Waals surface area contributed by atoms with E-state index in [1.807, 2.05) is 54.1 Å². The molecule has 1 aliphatic rings. The van der Waals surface area contributed by atoms with Gasteiger partial charge < -0.3 is 30.0 Å². The Labute approximate surface area is 213 Å². The summed E-state index contributed by atoms with van der Waals surface area (Å²) in [6, 6.07) is 16.8. The minimum atomic E-state index is -0.233. The number of methoxy groups -OCH3 is 1. The molecule has 2 aromatic heterocycles. The van der Waals surface area contributed by atoms with Crippen LogP contribution in [0.1, 0.15) is 16.9 Å². The third-order valence-electron chi connectivity index (χ3n) is 6.08. The fraction of sp³-hybridized carbons (Fsp3) is 0.269. The average Bonchev–Trinajstić information content (AvgIpc) is 3.44. The van der Waals surface area contributed by atoms with Crippen LogP contribution in [0.25, 0.3) is 11.0 Å². The van der Waals surface area contributed by atoms with Crippen LogP contribution in [0.3, 0.4) is 0 Å². The summed E-state index contributed by atoms with van der Waals surface area (Å²) in [5, 5.41) is 10.4. The van der Waals surface area contributed by atoms with Crippen molar-refractivity contribution in [3.05, 3.63) is 71.5 Å². The summed E-state index contributed by atoms with van der Waals surface area (Å²) < 4.78 is 13.2. The monoisotopic (exact) mass is 506 g/mol. The van der Waals surface area contributed by atoms with Crippen LogP contribution in [0.5, 0.6) is 11.5 Å². The molecule has 3 heterocycles. The molecule has 186 valence electrons. The van der Waals surface area contributed by atoms with E-state index in [2.05, 4.69) is 20.9 Å². The van der Waals surface area contributed by atoms with E-state index >= 15 is 0 Å². The fourth-order valence-corrected chi connectivity index (χ4v) is 4.39. The van der Waals surface area contributed by atoms with Crippen LogP contribution in [0.2, 0.25) is 5.02 Å². The SMILES string of the molecule is COC[C@H]1C[C@@H](NC(=O)c2cc(Oc3ccc4c(c3)nc(Nc3ccc(Cl)cc3)n4C)ccn2)CN1. The number of hydrogen-bond donors (Lipinski definition) is 3. The van der Waals surface area contributed by atoms with E-state index in [-0.39, 0.29) is 18.0 Å². The predicted octanol–water partition coefficient (Wildman–Crippen LogP) is 4.26. The number of imidazole rings is 1. The van der Waals surface area contributed by atoms with Crippen molar-refractivity contribution in [2.45, 2.75) is 18.5 Å². The van der Waals surface area contributed by atoms with Crippen LogP contribution in [-0.2, 0) is 11.8 Å². The molecule has 1 aliphatic heterocycles. The first kappa shape index (κ1) is 24.1. The van der Waals surface area contributed by atoms with Gasteiger partial charge in [0.25, 0.3) is 5.91 Å². The van der Waals surface area contributed by atoms with E-state index in [4.69, 9.17) is 26.1 Å². The molecule has 2 atom stereocenters. The highest BCUT2D eigenvalue weighted by Gasteiger charge is 2.25.